The van der Waals surface area contributed by atoms with Gasteiger partial charge in [0.2, 0.25) is 15.9 Å². The van der Waals surface area contributed by atoms with Crippen molar-refractivity contribution in [3.05, 3.63) is 47.5 Å². The number of aromatic nitrogens is 1. The number of sulfonamides is 1. The number of carbonyl (C=O) groups is 1. The Morgan fingerprint density at radius 1 is 1.21 bits per heavy atom. The fourth-order valence-corrected chi connectivity index (χ4v) is 3.92. The Labute approximate surface area is 143 Å². The molecule has 0 radical (unpaired) electrons. The summed E-state index contributed by atoms with van der Waals surface area (Å²) >= 11 is 1.43. The van der Waals surface area contributed by atoms with E-state index in [1.165, 1.54) is 11.3 Å². The molecule has 0 atom stereocenters. The summed E-state index contributed by atoms with van der Waals surface area (Å²) in [5, 5.41) is 0.683. The van der Waals surface area contributed by atoms with Gasteiger partial charge in [0.05, 0.1) is 22.9 Å². The maximum absolute atomic E-state index is 11.4. The summed E-state index contributed by atoms with van der Waals surface area (Å²) in [5.74, 6) is -0.408. The topological polar surface area (TPSA) is 102 Å². The molecule has 6 nitrogen and oxygen atoms in total. The van der Waals surface area contributed by atoms with Gasteiger partial charge in [-0.25, -0.2) is 13.4 Å². The summed E-state index contributed by atoms with van der Waals surface area (Å²) in [7, 11) is -3.32. The van der Waals surface area contributed by atoms with E-state index >= 15 is 0 Å². The van der Waals surface area contributed by atoms with Crippen molar-refractivity contribution < 1.29 is 13.2 Å². The molecule has 1 heterocycles. The van der Waals surface area contributed by atoms with E-state index in [9.17, 15) is 13.2 Å². The molecule has 8 heteroatoms. The van der Waals surface area contributed by atoms with Crippen LogP contribution in [-0.4, -0.2) is 25.6 Å². The number of anilines is 1. The second-order valence-corrected chi connectivity index (χ2v) is 8.25. The quantitative estimate of drug-likeness (QED) is 0.728. The number of thiazole rings is 1. The van der Waals surface area contributed by atoms with Gasteiger partial charge in [0.25, 0.3) is 0 Å². The highest BCUT2D eigenvalue weighted by atomic mass is 32.2. The van der Waals surface area contributed by atoms with E-state index in [2.05, 4.69) is 9.71 Å². The number of primary amides is 1. The lowest BCUT2D eigenvalue weighted by Crippen LogP contribution is -2.13. The molecule has 1 amide bonds. The van der Waals surface area contributed by atoms with Gasteiger partial charge >= 0.3 is 0 Å². The van der Waals surface area contributed by atoms with Crippen molar-refractivity contribution >= 4 is 43.2 Å². The Morgan fingerprint density at radius 2 is 1.96 bits per heavy atom. The van der Waals surface area contributed by atoms with E-state index in [0.717, 1.165) is 27.6 Å². The van der Waals surface area contributed by atoms with E-state index in [1.807, 2.05) is 24.3 Å². The Balaban J connectivity index is 1.97. The maximum atomic E-state index is 11.4. The second kappa shape index (κ2) is 6.21. The molecule has 1 aromatic heterocycles. The molecule has 3 N–H and O–H groups in total. The minimum Gasteiger partial charge on any atom is -0.369 e. The molecular formula is C16H15N3O3S2. The van der Waals surface area contributed by atoms with Gasteiger partial charge in [0.15, 0.2) is 0 Å². The van der Waals surface area contributed by atoms with Gasteiger partial charge in [0.1, 0.15) is 5.01 Å². The van der Waals surface area contributed by atoms with E-state index in [4.69, 9.17) is 5.73 Å². The van der Waals surface area contributed by atoms with Crippen molar-refractivity contribution in [2.75, 3.05) is 11.0 Å². The van der Waals surface area contributed by atoms with Crippen LogP contribution in [0.15, 0.2) is 42.5 Å². The predicted octanol–water partition coefficient (Wildman–Crippen LogP) is 2.36. The lowest BCUT2D eigenvalue weighted by Gasteiger charge is -2.07. The van der Waals surface area contributed by atoms with Crippen molar-refractivity contribution in [3.63, 3.8) is 0 Å². The van der Waals surface area contributed by atoms with Crippen molar-refractivity contribution in [1.29, 1.82) is 0 Å². The van der Waals surface area contributed by atoms with E-state index in [1.54, 1.807) is 18.2 Å². The Kier molecular flexibility index (Phi) is 4.25. The Hall–Kier alpha value is -2.45. The predicted molar refractivity (Wildman–Crippen MR) is 96.4 cm³/mol. The number of rotatable bonds is 5. The van der Waals surface area contributed by atoms with Crippen LogP contribution in [0.2, 0.25) is 0 Å². The average Bonchev–Trinajstić information content (AvgIpc) is 2.85. The molecule has 2 aromatic carbocycles. The van der Waals surface area contributed by atoms with Crippen molar-refractivity contribution in [1.82, 2.24) is 4.98 Å². The standard InChI is InChI=1S/C16H15N3O3S2/c1-24(21,22)19-12-4-2-3-10(7-12)11-5-6-13-14(8-11)23-16(18-13)9-15(17)20/h2-8,19H,9H2,1H3,(H2,17,20). The van der Waals surface area contributed by atoms with Crippen LogP contribution in [0.4, 0.5) is 5.69 Å². The summed E-state index contributed by atoms with van der Waals surface area (Å²) in [5.41, 5.74) is 8.35. The minimum absolute atomic E-state index is 0.127. The molecule has 0 fully saturated rings. The van der Waals surface area contributed by atoms with Crippen LogP contribution in [0, 0.1) is 0 Å². The first-order chi connectivity index (χ1) is 11.3. The Bertz CT molecular complexity index is 1030. The van der Waals surface area contributed by atoms with Gasteiger partial charge in [-0.05, 0) is 35.4 Å². The normalized spacial score (nSPS) is 11.5. The minimum atomic E-state index is -3.32. The van der Waals surface area contributed by atoms with E-state index < -0.39 is 15.9 Å². The number of amides is 1. The summed E-state index contributed by atoms with van der Waals surface area (Å²) < 4.78 is 26.1. The van der Waals surface area contributed by atoms with Gasteiger partial charge in [-0.3, -0.25) is 9.52 Å². The van der Waals surface area contributed by atoms with Crippen molar-refractivity contribution in [2.45, 2.75) is 6.42 Å². The SMILES string of the molecule is CS(=O)(=O)Nc1cccc(-c2ccc3nc(CC(N)=O)sc3c2)c1. The van der Waals surface area contributed by atoms with Crippen LogP contribution >= 0.6 is 11.3 Å². The number of hydrogen-bond donors (Lipinski definition) is 2. The molecule has 0 saturated heterocycles. The summed E-state index contributed by atoms with van der Waals surface area (Å²) in [6.45, 7) is 0. The summed E-state index contributed by atoms with van der Waals surface area (Å²) in [4.78, 5) is 15.4. The third-order valence-electron chi connectivity index (χ3n) is 3.26. The highest BCUT2D eigenvalue weighted by molar-refractivity contribution is 7.92. The molecule has 0 spiro atoms. The third kappa shape index (κ3) is 3.90. The largest absolute Gasteiger partial charge is 0.369 e. The molecule has 124 valence electrons. The fraction of sp³-hybridized carbons (Fsp3) is 0.125. The van der Waals surface area contributed by atoms with Gasteiger partial charge < -0.3 is 5.73 Å². The summed E-state index contributed by atoms with van der Waals surface area (Å²) in [6, 6.07) is 12.9. The van der Waals surface area contributed by atoms with Crippen LogP contribution in [-0.2, 0) is 21.2 Å². The van der Waals surface area contributed by atoms with Gasteiger partial charge in [-0.15, -0.1) is 11.3 Å². The zero-order valence-corrected chi connectivity index (χ0v) is 14.4. The molecule has 0 unspecified atom stereocenters. The zero-order chi connectivity index (χ0) is 17.3. The number of nitrogens with zero attached hydrogens (tertiary/aromatic N) is 1. The molecular weight excluding hydrogens is 346 g/mol. The lowest BCUT2D eigenvalue weighted by atomic mass is 10.1. The lowest BCUT2D eigenvalue weighted by molar-refractivity contribution is -0.117. The van der Waals surface area contributed by atoms with Gasteiger partial charge in [-0.2, -0.15) is 0 Å². The van der Waals surface area contributed by atoms with E-state index in [-0.39, 0.29) is 6.42 Å². The number of nitrogens with two attached hydrogens (primary N) is 1. The van der Waals surface area contributed by atoms with E-state index in [0.29, 0.717) is 10.7 Å². The number of nitrogens with one attached hydrogen (secondary N) is 1. The maximum Gasteiger partial charge on any atom is 0.229 e. The van der Waals surface area contributed by atoms with Crippen LogP contribution in [0.25, 0.3) is 21.3 Å². The van der Waals surface area contributed by atoms with Gasteiger partial charge in [-0.1, -0.05) is 18.2 Å². The van der Waals surface area contributed by atoms with Crippen LogP contribution < -0.4 is 10.5 Å². The molecule has 0 aliphatic heterocycles. The monoisotopic (exact) mass is 361 g/mol. The first-order valence-electron chi connectivity index (χ1n) is 7.06. The van der Waals surface area contributed by atoms with Gasteiger partial charge in [0, 0.05) is 5.69 Å². The number of carbonyl (C=O) groups excluding carboxylic acids is 1. The number of fused-ring (bicyclic) bond motifs is 1. The summed E-state index contributed by atoms with van der Waals surface area (Å²) in [6.07, 6.45) is 1.24. The van der Waals surface area contributed by atoms with Crippen molar-refractivity contribution in [3.8, 4) is 11.1 Å². The highest BCUT2D eigenvalue weighted by Gasteiger charge is 2.09. The first kappa shape index (κ1) is 16.4. The second-order valence-electron chi connectivity index (χ2n) is 5.39. The Morgan fingerprint density at radius 3 is 2.67 bits per heavy atom. The van der Waals surface area contributed by atoms with Crippen LogP contribution in [0.3, 0.4) is 0 Å². The van der Waals surface area contributed by atoms with Crippen LogP contribution in [0.5, 0.6) is 0 Å². The van der Waals surface area contributed by atoms with Crippen molar-refractivity contribution in [2.24, 2.45) is 5.73 Å². The number of hydrogen-bond acceptors (Lipinski definition) is 5. The molecule has 3 aromatic rings. The first-order valence-corrected chi connectivity index (χ1v) is 9.77. The zero-order valence-electron chi connectivity index (χ0n) is 12.8. The molecule has 24 heavy (non-hydrogen) atoms. The smallest absolute Gasteiger partial charge is 0.229 e. The van der Waals surface area contributed by atoms with Crippen LogP contribution in [0.1, 0.15) is 5.01 Å². The number of benzene rings is 2. The molecule has 0 bridgehead atoms. The molecule has 0 saturated carbocycles. The molecule has 0 aliphatic carbocycles. The fourth-order valence-electron chi connectivity index (χ4n) is 2.35. The highest BCUT2D eigenvalue weighted by Crippen LogP contribution is 2.29. The average molecular weight is 361 g/mol. The molecule has 3 rings (SSSR count). The third-order valence-corrected chi connectivity index (χ3v) is 4.88. The molecule has 0 aliphatic rings.